The molecule has 3 heteroatoms. The molecule has 0 amide bonds. The number of rotatable bonds is 3. The van der Waals surface area contributed by atoms with Gasteiger partial charge < -0.3 is 0 Å². The predicted octanol–water partition coefficient (Wildman–Crippen LogP) is 0.519. The number of aromatic nitrogens is 2. The first-order chi connectivity index (χ1) is 4.93. The molecule has 1 aromatic rings. The fourth-order valence-electron chi connectivity index (χ4n) is 0.622. The summed E-state index contributed by atoms with van der Waals surface area (Å²) in [6, 6.07) is 1.74. The van der Waals surface area contributed by atoms with Gasteiger partial charge in [-0.25, -0.2) is 9.97 Å². The van der Waals surface area contributed by atoms with Crippen LogP contribution in [0.4, 0.5) is 0 Å². The third-order valence-electron chi connectivity index (χ3n) is 1.07. The van der Waals surface area contributed by atoms with Crippen molar-refractivity contribution in [3.63, 3.8) is 0 Å². The zero-order valence-electron chi connectivity index (χ0n) is 5.45. The Labute approximate surface area is 59.1 Å². The summed E-state index contributed by atoms with van der Waals surface area (Å²) in [6.45, 7) is 0. The summed E-state index contributed by atoms with van der Waals surface area (Å²) < 4.78 is 0. The lowest BCUT2D eigenvalue weighted by molar-refractivity contribution is 0.550. The van der Waals surface area contributed by atoms with Crippen LogP contribution in [0.1, 0.15) is 12.2 Å². The quantitative estimate of drug-likeness (QED) is 0.606. The Morgan fingerprint density at radius 3 is 2.70 bits per heavy atom. The molecule has 1 rings (SSSR count). The smallest absolute Gasteiger partial charge is 0.198 e. The Morgan fingerprint density at radius 1 is 1.40 bits per heavy atom. The second kappa shape index (κ2) is 3.71. The van der Waals surface area contributed by atoms with E-state index in [2.05, 4.69) is 9.97 Å². The number of nitrogens with zero attached hydrogens (tertiary/aromatic N) is 2. The van der Waals surface area contributed by atoms with Crippen LogP contribution in [0.15, 0.2) is 18.5 Å². The van der Waals surface area contributed by atoms with Crippen LogP contribution >= 0.6 is 0 Å². The largest absolute Gasteiger partial charge is 0.291 e. The highest BCUT2D eigenvalue weighted by Crippen LogP contribution is 1.90. The van der Waals surface area contributed by atoms with Gasteiger partial charge in [0.25, 0.3) is 0 Å². The highest BCUT2D eigenvalue weighted by Gasteiger charge is 1.91. The maximum Gasteiger partial charge on any atom is 0.198 e. The highest BCUT2D eigenvalue weighted by molar-refractivity contribution is 5.50. The molecule has 1 heterocycles. The van der Waals surface area contributed by atoms with E-state index in [0.717, 1.165) is 0 Å². The van der Waals surface area contributed by atoms with E-state index in [4.69, 9.17) is 0 Å². The van der Waals surface area contributed by atoms with E-state index in [0.29, 0.717) is 18.7 Å². The molecule has 0 aliphatic rings. The fraction of sp³-hybridized carbons (Fsp3) is 0.286. The van der Waals surface area contributed by atoms with Crippen molar-refractivity contribution in [1.82, 2.24) is 9.97 Å². The SMILES string of the molecule is O=[C]CCc1ncccn1. The number of carbonyl (C=O) groups excluding carboxylic acids is 1. The van der Waals surface area contributed by atoms with Gasteiger partial charge in [-0.1, -0.05) is 0 Å². The Hall–Kier alpha value is -1.25. The lowest BCUT2D eigenvalue weighted by Gasteiger charge is -1.90. The maximum atomic E-state index is 9.80. The molecule has 0 atom stereocenters. The Kier molecular flexibility index (Phi) is 2.55. The molecule has 51 valence electrons. The number of hydrogen-bond donors (Lipinski definition) is 0. The summed E-state index contributed by atoms with van der Waals surface area (Å²) in [6.07, 6.45) is 6.07. The van der Waals surface area contributed by atoms with Crippen molar-refractivity contribution in [3.8, 4) is 0 Å². The summed E-state index contributed by atoms with van der Waals surface area (Å²) in [4.78, 5) is 17.7. The standard InChI is InChI=1S/C7H7N2O/c10-6-1-3-7-8-4-2-5-9-7/h2,4-5H,1,3H2. The Balaban J connectivity index is 2.50. The van der Waals surface area contributed by atoms with Crippen LogP contribution in [-0.4, -0.2) is 16.3 Å². The average Bonchev–Trinajstić information content (AvgIpc) is 2.03. The molecule has 0 spiro atoms. The van der Waals surface area contributed by atoms with Crippen molar-refractivity contribution in [2.24, 2.45) is 0 Å². The summed E-state index contributed by atoms with van der Waals surface area (Å²) in [5.74, 6) is 0.700. The lowest BCUT2D eigenvalue weighted by Crippen LogP contribution is -1.92. The zero-order chi connectivity index (χ0) is 7.23. The molecule has 0 fully saturated rings. The molecule has 1 aromatic heterocycles. The molecule has 0 aliphatic heterocycles. The van der Waals surface area contributed by atoms with Gasteiger partial charge in [0.2, 0.25) is 0 Å². The van der Waals surface area contributed by atoms with Gasteiger partial charge >= 0.3 is 0 Å². The minimum atomic E-state index is 0.379. The summed E-state index contributed by atoms with van der Waals surface area (Å²) in [7, 11) is 0. The summed E-state index contributed by atoms with van der Waals surface area (Å²) in [5.41, 5.74) is 0. The second-order valence-electron chi connectivity index (χ2n) is 1.81. The van der Waals surface area contributed by atoms with Crippen molar-refractivity contribution in [2.45, 2.75) is 12.8 Å². The van der Waals surface area contributed by atoms with Crippen LogP contribution < -0.4 is 0 Å². The molecule has 0 bridgehead atoms. The molecule has 0 N–H and O–H groups in total. The van der Waals surface area contributed by atoms with Crippen LogP contribution in [0.2, 0.25) is 0 Å². The Bertz CT molecular complexity index is 198. The first-order valence-electron chi connectivity index (χ1n) is 3.04. The maximum absolute atomic E-state index is 9.80. The normalized spacial score (nSPS) is 9.20. The van der Waals surface area contributed by atoms with E-state index in [-0.39, 0.29) is 0 Å². The van der Waals surface area contributed by atoms with Gasteiger partial charge in [-0.15, -0.1) is 0 Å². The van der Waals surface area contributed by atoms with Crippen LogP contribution in [0.5, 0.6) is 0 Å². The van der Waals surface area contributed by atoms with Crippen LogP contribution in [-0.2, 0) is 11.2 Å². The molecular weight excluding hydrogens is 128 g/mol. The van der Waals surface area contributed by atoms with Gasteiger partial charge in [-0.3, -0.25) is 4.79 Å². The van der Waals surface area contributed by atoms with Crippen molar-refractivity contribution < 1.29 is 4.79 Å². The van der Waals surface area contributed by atoms with E-state index in [9.17, 15) is 4.79 Å². The molecule has 1 radical (unpaired) electrons. The molecule has 0 unspecified atom stereocenters. The average molecular weight is 135 g/mol. The third kappa shape index (κ3) is 1.93. The molecule has 3 nitrogen and oxygen atoms in total. The molecule has 0 aliphatic carbocycles. The highest BCUT2D eigenvalue weighted by atomic mass is 16.1. The van der Waals surface area contributed by atoms with Gasteiger partial charge in [-0.05, 0) is 6.07 Å². The monoisotopic (exact) mass is 135 g/mol. The number of aryl methyl sites for hydroxylation is 1. The first-order valence-corrected chi connectivity index (χ1v) is 3.04. The summed E-state index contributed by atoms with van der Waals surface area (Å²) >= 11 is 0. The first kappa shape index (κ1) is 6.86. The number of hydrogen-bond acceptors (Lipinski definition) is 3. The van der Waals surface area contributed by atoms with Gasteiger partial charge in [-0.2, -0.15) is 0 Å². The predicted molar refractivity (Wildman–Crippen MR) is 36.0 cm³/mol. The topological polar surface area (TPSA) is 42.9 Å². The van der Waals surface area contributed by atoms with Crippen molar-refractivity contribution in [3.05, 3.63) is 24.3 Å². The lowest BCUT2D eigenvalue weighted by atomic mass is 10.3. The van der Waals surface area contributed by atoms with E-state index in [1.165, 1.54) is 0 Å². The van der Waals surface area contributed by atoms with Gasteiger partial charge in [0.1, 0.15) is 5.82 Å². The fourth-order valence-corrected chi connectivity index (χ4v) is 0.622. The van der Waals surface area contributed by atoms with E-state index >= 15 is 0 Å². The molecule has 10 heavy (non-hydrogen) atoms. The van der Waals surface area contributed by atoms with Crippen molar-refractivity contribution >= 4 is 6.29 Å². The van der Waals surface area contributed by atoms with Crippen molar-refractivity contribution in [1.29, 1.82) is 0 Å². The van der Waals surface area contributed by atoms with Crippen LogP contribution in [0.25, 0.3) is 0 Å². The zero-order valence-corrected chi connectivity index (χ0v) is 5.45. The second-order valence-corrected chi connectivity index (χ2v) is 1.81. The Morgan fingerprint density at radius 2 is 2.10 bits per heavy atom. The van der Waals surface area contributed by atoms with E-state index < -0.39 is 0 Å². The third-order valence-corrected chi connectivity index (χ3v) is 1.07. The van der Waals surface area contributed by atoms with Gasteiger partial charge in [0, 0.05) is 25.2 Å². The summed E-state index contributed by atoms with van der Waals surface area (Å²) in [5, 5.41) is 0. The van der Waals surface area contributed by atoms with E-state index in [1.54, 1.807) is 24.7 Å². The minimum absolute atomic E-state index is 0.379. The molecule has 0 aromatic carbocycles. The van der Waals surface area contributed by atoms with Crippen LogP contribution in [0.3, 0.4) is 0 Å². The van der Waals surface area contributed by atoms with Crippen LogP contribution in [0, 0.1) is 0 Å². The minimum Gasteiger partial charge on any atom is -0.291 e. The van der Waals surface area contributed by atoms with Crippen molar-refractivity contribution in [2.75, 3.05) is 0 Å². The molecular formula is C7H7N2O. The molecule has 0 saturated heterocycles. The van der Waals surface area contributed by atoms with Gasteiger partial charge in [0.15, 0.2) is 6.29 Å². The van der Waals surface area contributed by atoms with Gasteiger partial charge in [0.05, 0.1) is 0 Å². The molecule has 0 saturated carbocycles. The van der Waals surface area contributed by atoms with E-state index in [1.807, 2.05) is 0 Å².